The van der Waals surface area contributed by atoms with Gasteiger partial charge in [0.2, 0.25) is 17.8 Å². The van der Waals surface area contributed by atoms with Crippen LogP contribution in [-0.4, -0.2) is 38.1 Å². The quantitative estimate of drug-likeness (QED) is 0.846. The molecule has 0 bridgehead atoms. The van der Waals surface area contributed by atoms with Crippen LogP contribution in [0.2, 0.25) is 0 Å². The Bertz CT molecular complexity index is 710. The summed E-state index contributed by atoms with van der Waals surface area (Å²) in [7, 11) is 1.63. The van der Waals surface area contributed by atoms with Crippen molar-refractivity contribution in [2.24, 2.45) is 7.05 Å². The topological polar surface area (TPSA) is 93.0 Å². The molecule has 0 fully saturated rings. The maximum Gasteiger partial charge on any atom is 0.250 e. The Morgan fingerprint density at radius 1 is 1.33 bits per heavy atom. The Balaban J connectivity index is 1.87. The third kappa shape index (κ3) is 2.24. The lowest BCUT2D eigenvalue weighted by Gasteiger charge is -2.22. The maximum atomic E-state index is 12.4. The lowest BCUT2D eigenvalue weighted by atomic mass is 10.1. The molecule has 1 N–H and O–H groups in total. The van der Waals surface area contributed by atoms with Gasteiger partial charge in [0.25, 0.3) is 0 Å². The van der Waals surface area contributed by atoms with E-state index in [2.05, 4.69) is 20.8 Å². The van der Waals surface area contributed by atoms with Crippen molar-refractivity contribution in [1.82, 2.24) is 20.2 Å². The minimum atomic E-state index is -0.586. The molecule has 0 aliphatic carbocycles. The summed E-state index contributed by atoms with van der Waals surface area (Å²) in [6.45, 7) is 1.45. The van der Waals surface area contributed by atoms with Crippen LogP contribution in [0.5, 0.6) is 0 Å². The van der Waals surface area contributed by atoms with Gasteiger partial charge in [-0.15, -0.1) is 0 Å². The number of benzene rings is 1. The van der Waals surface area contributed by atoms with Gasteiger partial charge in [-0.2, -0.15) is 0 Å². The molecule has 0 spiro atoms. The van der Waals surface area contributed by atoms with E-state index in [-0.39, 0.29) is 17.8 Å². The van der Waals surface area contributed by atoms with Crippen LogP contribution in [0.4, 0.5) is 11.6 Å². The molecule has 1 aromatic carbocycles. The molecule has 1 aliphatic heterocycles. The van der Waals surface area contributed by atoms with E-state index in [9.17, 15) is 9.59 Å². The number of anilines is 2. The first-order valence-corrected chi connectivity index (χ1v) is 6.49. The van der Waals surface area contributed by atoms with Gasteiger partial charge in [0.15, 0.2) is 0 Å². The van der Waals surface area contributed by atoms with Crippen LogP contribution in [0.1, 0.15) is 12.5 Å². The van der Waals surface area contributed by atoms with Crippen molar-refractivity contribution in [2.75, 3.05) is 10.2 Å². The zero-order valence-corrected chi connectivity index (χ0v) is 11.6. The fourth-order valence-corrected chi connectivity index (χ4v) is 2.51. The molecule has 1 atom stereocenters. The third-order valence-electron chi connectivity index (χ3n) is 3.47. The zero-order chi connectivity index (χ0) is 15.0. The van der Waals surface area contributed by atoms with E-state index < -0.39 is 6.04 Å². The smallest absolute Gasteiger partial charge is 0.250 e. The van der Waals surface area contributed by atoms with Gasteiger partial charge in [-0.05, 0) is 22.1 Å². The number of para-hydroxylation sites is 1. The first kappa shape index (κ1) is 13.2. The summed E-state index contributed by atoms with van der Waals surface area (Å²) in [5, 5.41) is 13.5. The highest BCUT2D eigenvalue weighted by molar-refractivity contribution is 6.06. The molecular weight excluding hydrogens is 272 g/mol. The Kier molecular flexibility index (Phi) is 3.13. The molecule has 2 heterocycles. The number of nitrogens with zero attached hydrogens (tertiary/aromatic N) is 5. The number of rotatable bonds is 2. The van der Waals surface area contributed by atoms with E-state index in [1.165, 1.54) is 16.5 Å². The number of aryl methyl sites for hydroxylation is 1. The van der Waals surface area contributed by atoms with E-state index >= 15 is 0 Å². The molecule has 0 unspecified atom stereocenters. The van der Waals surface area contributed by atoms with Crippen molar-refractivity contribution in [2.45, 2.75) is 19.4 Å². The summed E-state index contributed by atoms with van der Waals surface area (Å²) < 4.78 is 1.36. The summed E-state index contributed by atoms with van der Waals surface area (Å²) in [6, 6.07) is 6.92. The maximum absolute atomic E-state index is 12.4. The number of nitrogens with one attached hydrogen (secondary N) is 1. The van der Waals surface area contributed by atoms with Gasteiger partial charge in [-0.25, -0.2) is 4.68 Å². The Morgan fingerprint density at radius 2 is 2.10 bits per heavy atom. The van der Waals surface area contributed by atoms with Gasteiger partial charge in [0.1, 0.15) is 6.04 Å². The minimum absolute atomic E-state index is 0.170. The Morgan fingerprint density at radius 3 is 2.76 bits per heavy atom. The lowest BCUT2D eigenvalue weighted by molar-refractivity contribution is -0.122. The van der Waals surface area contributed by atoms with E-state index in [1.807, 2.05) is 24.3 Å². The number of amides is 2. The van der Waals surface area contributed by atoms with Gasteiger partial charge in [-0.3, -0.25) is 19.8 Å². The number of fused-ring (bicyclic) bond motifs is 1. The van der Waals surface area contributed by atoms with Crippen molar-refractivity contribution < 1.29 is 9.59 Å². The number of carbonyl (C=O) groups is 2. The fourth-order valence-electron chi connectivity index (χ4n) is 2.51. The second kappa shape index (κ2) is 4.97. The van der Waals surface area contributed by atoms with E-state index in [0.717, 1.165) is 11.3 Å². The van der Waals surface area contributed by atoms with Gasteiger partial charge in [0, 0.05) is 26.1 Å². The molecule has 1 aliphatic rings. The van der Waals surface area contributed by atoms with Gasteiger partial charge in [0.05, 0.1) is 0 Å². The van der Waals surface area contributed by atoms with Gasteiger partial charge in [-0.1, -0.05) is 23.3 Å². The van der Waals surface area contributed by atoms with E-state index in [0.29, 0.717) is 6.42 Å². The molecule has 1 aromatic heterocycles. The van der Waals surface area contributed by atoms with E-state index in [4.69, 9.17) is 0 Å². The summed E-state index contributed by atoms with van der Waals surface area (Å²) in [5.74, 6) is -0.227. The standard InChI is InChI=1S/C13H14N6O2/c1-8(20)19-10-6-4-3-5-9(10)7-11(19)12(21)14-13-15-16-17-18(13)2/h3-6,11H,7H2,1-2H3,(H,14,15,17,21)/t11-/m0/s1. The predicted molar refractivity (Wildman–Crippen MR) is 74.5 cm³/mol. The third-order valence-corrected chi connectivity index (χ3v) is 3.47. The van der Waals surface area contributed by atoms with Crippen molar-refractivity contribution in [3.63, 3.8) is 0 Å². The molecule has 2 aromatic rings. The number of hydrogen-bond donors (Lipinski definition) is 1. The summed E-state index contributed by atoms with van der Waals surface area (Å²) >= 11 is 0. The zero-order valence-electron chi connectivity index (χ0n) is 11.6. The first-order valence-electron chi connectivity index (χ1n) is 6.49. The number of aromatic nitrogens is 4. The average Bonchev–Trinajstić information content (AvgIpc) is 3.02. The largest absolute Gasteiger partial charge is 0.300 e. The Labute approximate surface area is 120 Å². The van der Waals surface area contributed by atoms with Crippen LogP contribution in [0, 0.1) is 0 Å². The molecule has 3 rings (SSSR count). The summed E-state index contributed by atoms with van der Waals surface area (Å²) in [6.07, 6.45) is 0.479. The average molecular weight is 286 g/mol. The molecular formula is C13H14N6O2. The molecule has 0 saturated heterocycles. The fraction of sp³-hybridized carbons (Fsp3) is 0.308. The highest BCUT2D eigenvalue weighted by Gasteiger charge is 2.37. The number of tetrazole rings is 1. The van der Waals surface area contributed by atoms with Crippen LogP contribution >= 0.6 is 0 Å². The highest BCUT2D eigenvalue weighted by Crippen LogP contribution is 2.32. The second-order valence-corrected chi connectivity index (χ2v) is 4.85. The molecule has 0 saturated carbocycles. The van der Waals surface area contributed by atoms with Gasteiger partial charge < -0.3 is 0 Å². The van der Waals surface area contributed by atoms with Crippen LogP contribution in [0.25, 0.3) is 0 Å². The van der Waals surface area contributed by atoms with Crippen molar-refractivity contribution in [3.05, 3.63) is 29.8 Å². The van der Waals surface area contributed by atoms with Crippen molar-refractivity contribution >= 4 is 23.5 Å². The van der Waals surface area contributed by atoms with Crippen LogP contribution in [0.3, 0.4) is 0 Å². The number of carbonyl (C=O) groups excluding carboxylic acids is 2. The molecule has 21 heavy (non-hydrogen) atoms. The summed E-state index contributed by atoms with van der Waals surface area (Å²) in [5.41, 5.74) is 1.75. The highest BCUT2D eigenvalue weighted by atomic mass is 16.2. The van der Waals surface area contributed by atoms with E-state index in [1.54, 1.807) is 7.05 Å². The van der Waals surface area contributed by atoms with Crippen molar-refractivity contribution in [1.29, 1.82) is 0 Å². The van der Waals surface area contributed by atoms with Crippen LogP contribution in [-0.2, 0) is 23.1 Å². The Hall–Kier alpha value is -2.77. The SMILES string of the molecule is CC(=O)N1c2ccccc2C[C@H]1C(=O)Nc1nnnn1C. The molecule has 108 valence electrons. The normalized spacial score (nSPS) is 16.7. The monoisotopic (exact) mass is 286 g/mol. The number of hydrogen-bond acceptors (Lipinski definition) is 5. The van der Waals surface area contributed by atoms with Crippen molar-refractivity contribution in [3.8, 4) is 0 Å². The van der Waals surface area contributed by atoms with Gasteiger partial charge >= 0.3 is 0 Å². The first-order chi connectivity index (χ1) is 10.1. The van der Waals surface area contributed by atoms with Crippen LogP contribution in [0.15, 0.2) is 24.3 Å². The lowest BCUT2D eigenvalue weighted by Crippen LogP contribution is -2.44. The second-order valence-electron chi connectivity index (χ2n) is 4.85. The minimum Gasteiger partial charge on any atom is -0.300 e. The molecule has 2 amide bonds. The summed E-state index contributed by atoms with van der Waals surface area (Å²) in [4.78, 5) is 25.8. The predicted octanol–water partition coefficient (Wildman–Crippen LogP) is 0.126. The molecule has 8 nitrogen and oxygen atoms in total. The molecule has 8 heteroatoms. The molecule has 0 radical (unpaired) electrons. The van der Waals surface area contributed by atoms with Crippen LogP contribution < -0.4 is 10.2 Å².